The van der Waals surface area contributed by atoms with Crippen molar-refractivity contribution in [2.75, 3.05) is 17.7 Å². The molecule has 6 heteroatoms. The minimum atomic E-state index is -0.683. The highest BCUT2D eigenvalue weighted by molar-refractivity contribution is 7.84. The smallest absolute Gasteiger partial charge is 0.151 e. The number of fused-ring (bicyclic) bond motifs is 1. The van der Waals surface area contributed by atoms with E-state index < -0.39 is 10.8 Å². The molecule has 2 heterocycles. The molecule has 110 valence electrons. The van der Waals surface area contributed by atoms with Gasteiger partial charge in [-0.3, -0.25) is 4.21 Å². The van der Waals surface area contributed by atoms with Crippen LogP contribution in [0, 0.1) is 13.8 Å². The minimum Gasteiger partial charge on any atom is -0.382 e. The van der Waals surface area contributed by atoms with Crippen molar-refractivity contribution in [2.24, 2.45) is 0 Å². The van der Waals surface area contributed by atoms with Gasteiger partial charge in [0.15, 0.2) is 5.82 Å². The molecule has 2 N–H and O–H groups in total. The fraction of sp³-hybridized carbons (Fsp3) is 0.571. The Morgan fingerprint density at radius 3 is 2.75 bits per heavy atom. The monoisotopic (exact) mass is 294 g/mol. The van der Waals surface area contributed by atoms with Crippen LogP contribution in [0.25, 0.3) is 11.0 Å². The number of hydrogen-bond donors (Lipinski definition) is 1. The summed E-state index contributed by atoms with van der Waals surface area (Å²) in [6, 6.07) is 0. The van der Waals surface area contributed by atoms with Crippen LogP contribution in [0.1, 0.15) is 30.7 Å². The van der Waals surface area contributed by atoms with Crippen LogP contribution in [0.15, 0.2) is 6.20 Å². The molecule has 0 aliphatic heterocycles. The molecule has 0 amide bonds. The lowest BCUT2D eigenvalue weighted by Crippen LogP contribution is -2.03. The third-order valence-electron chi connectivity index (χ3n) is 3.49. The van der Waals surface area contributed by atoms with Crippen LogP contribution in [0.2, 0.25) is 0 Å². The molecule has 0 radical (unpaired) electrons. The average Bonchev–Trinajstić information content (AvgIpc) is 2.72. The summed E-state index contributed by atoms with van der Waals surface area (Å²) in [5.41, 5.74) is 8.89. The van der Waals surface area contributed by atoms with Crippen LogP contribution < -0.4 is 5.73 Å². The maximum atomic E-state index is 11.0. The Hall–Kier alpha value is -1.43. The fourth-order valence-corrected chi connectivity index (χ4v) is 3.07. The van der Waals surface area contributed by atoms with Gasteiger partial charge in [-0.15, -0.1) is 0 Å². The van der Waals surface area contributed by atoms with Crippen molar-refractivity contribution >= 4 is 27.7 Å². The van der Waals surface area contributed by atoms with E-state index in [1.807, 2.05) is 13.8 Å². The molecule has 0 aliphatic carbocycles. The number of aryl methyl sites for hydroxylation is 3. The maximum Gasteiger partial charge on any atom is 0.151 e. The van der Waals surface area contributed by atoms with Gasteiger partial charge in [0.25, 0.3) is 0 Å². The van der Waals surface area contributed by atoms with Crippen molar-refractivity contribution in [1.82, 2.24) is 14.5 Å². The maximum absolute atomic E-state index is 11.0. The molecule has 0 fully saturated rings. The standard InChI is InChI=1S/C14H22N4OS/c1-10-9-16-14(15)12-13(10)18(11(2)17-12)7-5-4-6-8-20(3)19/h9H,4-8H2,1-3H3,(H2,15,16). The number of pyridine rings is 1. The third kappa shape index (κ3) is 3.17. The van der Waals surface area contributed by atoms with Crippen LogP contribution in [-0.2, 0) is 17.3 Å². The van der Waals surface area contributed by atoms with Gasteiger partial charge < -0.3 is 10.3 Å². The van der Waals surface area contributed by atoms with Gasteiger partial charge in [0, 0.05) is 35.5 Å². The summed E-state index contributed by atoms with van der Waals surface area (Å²) in [4.78, 5) is 8.69. The van der Waals surface area contributed by atoms with Gasteiger partial charge in [0.2, 0.25) is 0 Å². The van der Waals surface area contributed by atoms with Gasteiger partial charge in [-0.1, -0.05) is 6.42 Å². The molecule has 0 aliphatic rings. The SMILES string of the molecule is Cc1cnc(N)c2nc(C)n(CCCCCS(C)=O)c12. The summed E-state index contributed by atoms with van der Waals surface area (Å²) >= 11 is 0. The van der Waals surface area contributed by atoms with Crippen LogP contribution >= 0.6 is 0 Å². The molecular weight excluding hydrogens is 272 g/mol. The van der Waals surface area contributed by atoms with E-state index in [0.717, 1.165) is 54.0 Å². The number of rotatable bonds is 6. The number of hydrogen-bond acceptors (Lipinski definition) is 4. The lowest BCUT2D eigenvalue weighted by atomic mass is 10.2. The Labute approximate surface area is 122 Å². The zero-order chi connectivity index (χ0) is 14.7. The topological polar surface area (TPSA) is 73.8 Å². The van der Waals surface area contributed by atoms with E-state index in [9.17, 15) is 4.21 Å². The predicted molar refractivity (Wildman–Crippen MR) is 84.2 cm³/mol. The summed E-state index contributed by atoms with van der Waals surface area (Å²) in [7, 11) is -0.683. The lowest BCUT2D eigenvalue weighted by Gasteiger charge is -2.08. The van der Waals surface area contributed by atoms with E-state index in [1.54, 1.807) is 12.5 Å². The molecule has 2 aromatic heterocycles. The van der Waals surface area contributed by atoms with Gasteiger partial charge in [0.05, 0.1) is 5.52 Å². The number of nitrogens with two attached hydrogens (primary N) is 1. The second kappa shape index (κ2) is 6.35. The molecule has 0 saturated carbocycles. The Kier molecular flexibility index (Phi) is 4.75. The molecule has 20 heavy (non-hydrogen) atoms. The Morgan fingerprint density at radius 1 is 1.30 bits per heavy atom. The molecule has 0 aromatic carbocycles. The summed E-state index contributed by atoms with van der Waals surface area (Å²) < 4.78 is 13.2. The largest absolute Gasteiger partial charge is 0.382 e. The van der Waals surface area contributed by atoms with E-state index in [0.29, 0.717) is 5.82 Å². The highest BCUT2D eigenvalue weighted by atomic mass is 32.2. The first-order chi connectivity index (χ1) is 9.50. The van der Waals surface area contributed by atoms with Gasteiger partial charge in [-0.2, -0.15) is 0 Å². The molecule has 1 unspecified atom stereocenters. The van der Waals surface area contributed by atoms with Gasteiger partial charge in [-0.25, -0.2) is 9.97 Å². The summed E-state index contributed by atoms with van der Waals surface area (Å²) in [5.74, 6) is 2.26. The van der Waals surface area contributed by atoms with Gasteiger partial charge >= 0.3 is 0 Å². The number of anilines is 1. The quantitative estimate of drug-likeness (QED) is 0.829. The number of imidazole rings is 1. The number of unbranched alkanes of at least 4 members (excludes halogenated alkanes) is 2. The zero-order valence-electron chi connectivity index (χ0n) is 12.3. The minimum absolute atomic E-state index is 0.494. The highest BCUT2D eigenvalue weighted by Crippen LogP contribution is 2.23. The third-order valence-corrected chi connectivity index (χ3v) is 4.35. The molecule has 1 atom stereocenters. The van der Waals surface area contributed by atoms with Crippen molar-refractivity contribution < 1.29 is 4.21 Å². The number of aromatic nitrogens is 3. The average molecular weight is 294 g/mol. The van der Waals surface area contributed by atoms with Gasteiger partial charge in [0.1, 0.15) is 11.3 Å². The summed E-state index contributed by atoms with van der Waals surface area (Å²) in [6.07, 6.45) is 6.71. The Morgan fingerprint density at radius 2 is 2.05 bits per heavy atom. The Balaban J connectivity index is 2.12. The first-order valence-corrected chi connectivity index (χ1v) is 8.61. The van der Waals surface area contributed by atoms with Crippen molar-refractivity contribution in [2.45, 2.75) is 39.7 Å². The molecule has 0 spiro atoms. The number of nitrogens with zero attached hydrogens (tertiary/aromatic N) is 3. The zero-order valence-corrected chi connectivity index (χ0v) is 13.2. The van der Waals surface area contributed by atoms with Crippen molar-refractivity contribution in [3.05, 3.63) is 17.6 Å². The second-order valence-corrected chi connectivity index (χ2v) is 6.73. The van der Waals surface area contributed by atoms with Crippen LogP contribution in [-0.4, -0.2) is 30.8 Å². The predicted octanol–water partition coefficient (Wildman–Crippen LogP) is 2.18. The molecule has 0 saturated heterocycles. The molecule has 5 nitrogen and oxygen atoms in total. The lowest BCUT2D eigenvalue weighted by molar-refractivity contribution is 0.600. The van der Waals surface area contributed by atoms with E-state index in [-0.39, 0.29) is 0 Å². The number of nitrogen functional groups attached to an aromatic ring is 1. The van der Waals surface area contributed by atoms with Crippen LogP contribution in [0.3, 0.4) is 0 Å². The van der Waals surface area contributed by atoms with Crippen LogP contribution in [0.5, 0.6) is 0 Å². The normalized spacial score (nSPS) is 12.9. The van der Waals surface area contributed by atoms with Crippen LogP contribution in [0.4, 0.5) is 5.82 Å². The van der Waals surface area contributed by atoms with Gasteiger partial charge in [-0.05, 0) is 32.3 Å². The van der Waals surface area contributed by atoms with Crippen molar-refractivity contribution in [3.63, 3.8) is 0 Å². The fourth-order valence-electron chi connectivity index (χ4n) is 2.46. The highest BCUT2D eigenvalue weighted by Gasteiger charge is 2.12. The molecule has 2 aromatic rings. The summed E-state index contributed by atoms with van der Waals surface area (Å²) in [6.45, 7) is 4.95. The molecule has 2 rings (SSSR count). The summed E-state index contributed by atoms with van der Waals surface area (Å²) in [5, 5.41) is 0. The second-order valence-electron chi connectivity index (χ2n) is 5.17. The van der Waals surface area contributed by atoms with Crippen molar-refractivity contribution in [3.8, 4) is 0 Å². The molecule has 0 bridgehead atoms. The Bertz CT molecular complexity index is 636. The van der Waals surface area contributed by atoms with E-state index in [2.05, 4.69) is 14.5 Å². The van der Waals surface area contributed by atoms with Crippen molar-refractivity contribution in [1.29, 1.82) is 0 Å². The van der Waals surface area contributed by atoms with E-state index in [4.69, 9.17) is 5.73 Å². The van der Waals surface area contributed by atoms with E-state index >= 15 is 0 Å². The first kappa shape index (κ1) is 15.0. The molecular formula is C14H22N4OS. The first-order valence-electron chi connectivity index (χ1n) is 6.88. The van der Waals surface area contributed by atoms with E-state index in [1.165, 1.54) is 0 Å².